The van der Waals surface area contributed by atoms with Crippen LogP contribution >= 0.6 is 0 Å². The summed E-state index contributed by atoms with van der Waals surface area (Å²) in [5.41, 5.74) is 7.09. The average Bonchev–Trinajstić information content (AvgIpc) is 2.40. The molecule has 18 heavy (non-hydrogen) atoms. The highest BCUT2D eigenvalue weighted by atomic mass is 16.5. The zero-order valence-electron chi connectivity index (χ0n) is 10.2. The van der Waals surface area contributed by atoms with E-state index in [1.54, 1.807) is 12.1 Å². The smallest absolute Gasteiger partial charge is 0.219 e. The van der Waals surface area contributed by atoms with Crippen molar-refractivity contribution < 1.29 is 4.74 Å². The number of ether oxygens (including phenoxy) is 1. The van der Waals surface area contributed by atoms with E-state index in [1.165, 1.54) is 6.20 Å². The average molecular weight is 241 g/mol. The summed E-state index contributed by atoms with van der Waals surface area (Å²) >= 11 is 0. The van der Waals surface area contributed by atoms with Gasteiger partial charge >= 0.3 is 0 Å². The third-order valence-corrected chi connectivity index (χ3v) is 2.62. The summed E-state index contributed by atoms with van der Waals surface area (Å²) in [5.74, 6) is 1.31. The Morgan fingerprint density at radius 2 is 2.06 bits per heavy atom. The lowest BCUT2D eigenvalue weighted by Crippen LogP contribution is -2.11. The van der Waals surface area contributed by atoms with Crippen LogP contribution in [0, 0.1) is 5.41 Å². The van der Waals surface area contributed by atoms with Crippen molar-refractivity contribution in [2.75, 3.05) is 0 Å². The lowest BCUT2D eigenvalue weighted by molar-refractivity contribution is 0.457. The number of hydrogen-bond acceptors (Lipinski definition) is 3. The summed E-state index contributed by atoms with van der Waals surface area (Å²) in [6.07, 6.45) is 2.44. The van der Waals surface area contributed by atoms with E-state index in [9.17, 15) is 0 Å². The number of nitrogens with two attached hydrogens (primary N) is 1. The van der Waals surface area contributed by atoms with Crippen LogP contribution in [0.5, 0.6) is 11.6 Å². The van der Waals surface area contributed by atoms with Crippen molar-refractivity contribution in [2.24, 2.45) is 5.73 Å². The van der Waals surface area contributed by atoms with Crippen LogP contribution in [0.15, 0.2) is 42.6 Å². The van der Waals surface area contributed by atoms with Gasteiger partial charge in [-0.2, -0.15) is 0 Å². The molecule has 0 atom stereocenters. The molecule has 0 aliphatic rings. The van der Waals surface area contributed by atoms with Crippen molar-refractivity contribution in [1.82, 2.24) is 4.98 Å². The first kappa shape index (κ1) is 12.1. The highest BCUT2D eigenvalue weighted by Gasteiger charge is 2.04. The summed E-state index contributed by atoms with van der Waals surface area (Å²) in [6, 6.07) is 11.3. The van der Waals surface area contributed by atoms with E-state index in [4.69, 9.17) is 15.9 Å². The molecule has 4 nitrogen and oxygen atoms in total. The topological polar surface area (TPSA) is 72.0 Å². The molecule has 2 rings (SSSR count). The Morgan fingerprint density at radius 3 is 2.67 bits per heavy atom. The second kappa shape index (κ2) is 5.31. The van der Waals surface area contributed by atoms with E-state index in [0.717, 1.165) is 17.7 Å². The number of para-hydroxylation sites is 1. The van der Waals surface area contributed by atoms with Crippen LogP contribution in [0.4, 0.5) is 0 Å². The molecule has 2 aromatic rings. The lowest BCUT2D eigenvalue weighted by Gasteiger charge is -2.09. The fourth-order valence-corrected chi connectivity index (χ4v) is 1.61. The van der Waals surface area contributed by atoms with Crippen molar-refractivity contribution in [2.45, 2.75) is 13.3 Å². The van der Waals surface area contributed by atoms with Gasteiger partial charge in [0, 0.05) is 17.8 Å². The van der Waals surface area contributed by atoms with Gasteiger partial charge in [-0.05, 0) is 24.1 Å². The van der Waals surface area contributed by atoms with Gasteiger partial charge in [0.25, 0.3) is 0 Å². The van der Waals surface area contributed by atoms with Crippen molar-refractivity contribution in [3.63, 3.8) is 0 Å². The lowest BCUT2D eigenvalue weighted by atomic mass is 10.1. The van der Waals surface area contributed by atoms with Gasteiger partial charge in [0.15, 0.2) is 0 Å². The number of nitrogen functional groups attached to an aromatic ring is 1. The molecule has 0 unspecified atom stereocenters. The van der Waals surface area contributed by atoms with Crippen molar-refractivity contribution in [3.8, 4) is 11.6 Å². The number of aromatic nitrogens is 1. The fourth-order valence-electron chi connectivity index (χ4n) is 1.61. The van der Waals surface area contributed by atoms with Crippen LogP contribution in [0.3, 0.4) is 0 Å². The first-order valence-corrected chi connectivity index (χ1v) is 5.77. The molecule has 3 N–H and O–H groups in total. The highest BCUT2D eigenvalue weighted by molar-refractivity contribution is 5.94. The van der Waals surface area contributed by atoms with Crippen LogP contribution in [-0.2, 0) is 6.42 Å². The maximum atomic E-state index is 7.29. The summed E-state index contributed by atoms with van der Waals surface area (Å²) in [5, 5.41) is 7.29. The van der Waals surface area contributed by atoms with Gasteiger partial charge in [-0.25, -0.2) is 4.98 Å². The molecule has 1 heterocycles. The number of nitrogens with zero attached hydrogens (tertiary/aromatic N) is 1. The summed E-state index contributed by atoms with van der Waals surface area (Å²) in [6.45, 7) is 2.08. The summed E-state index contributed by atoms with van der Waals surface area (Å²) < 4.78 is 5.71. The van der Waals surface area contributed by atoms with Crippen molar-refractivity contribution >= 4 is 5.84 Å². The predicted octanol–water partition coefficient (Wildman–Crippen LogP) is 2.72. The minimum Gasteiger partial charge on any atom is -0.439 e. The standard InChI is InChI=1S/C14H15N3O/c1-2-10-5-3-4-6-12(10)18-13-8-7-11(9-17-13)14(15)16/h3-9H,2H2,1H3,(H3,15,16). The van der Waals surface area contributed by atoms with E-state index >= 15 is 0 Å². The van der Waals surface area contributed by atoms with Crippen LogP contribution in [0.2, 0.25) is 0 Å². The first-order chi connectivity index (χ1) is 8.70. The zero-order chi connectivity index (χ0) is 13.0. The fraction of sp³-hybridized carbons (Fsp3) is 0.143. The Morgan fingerprint density at radius 1 is 1.28 bits per heavy atom. The number of amidine groups is 1. The van der Waals surface area contributed by atoms with Gasteiger partial charge in [-0.15, -0.1) is 0 Å². The van der Waals surface area contributed by atoms with Crippen LogP contribution < -0.4 is 10.5 Å². The number of benzene rings is 1. The molecule has 92 valence electrons. The van der Waals surface area contributed by atoms with Crippen LogP contribution in [-0.4, -0.2) is 10.8 Å². The molecular weight excluding hydrogens is 226 g/mol. The molecule has 0 aliphatic carbocycles. The van der Waals surface area contributed by atoms with Gasteiger partial charge in [0.05, 0.1) is 0 Å². The molecule has 0 saturated heterocycles. The highest BCUT2D eigenvalue weighted by Crippen LogP contribution is 2.24. The molecule has 0 spiro atoms. The van der Waals surface area contributed by atoms with Crippen LogP contribution in [0.1, 0.15) is 18.1 Å². The Labute approximate surface area is 106 Å². The molecule has 0 bridgehead atoms. The largest absolute Gasteiger partial charge is 0.439 e. The Kier molecular flexibility index (Phi) is 3.57. The maximum Gasteiger partial charge on any atom is 0.219 e. The van der Waals surface area contributed by atoms with E-state index in [-0.39, 0.29) is 5.84 Å². The van der Waals surface area contributed by atoms with E-state index in [0.29, 0.717) is 11.4 Å². The number of pyridine rings is 1. The Bertz CT molecular complexity index is 549. The van der Waals surface area contributed by atoms with Gasteiger partial charge in [-0.3, -0.25) is 5.41 Å². The molecule has 0 saturated carbocycles. The first-order valence-electron chi connectivity index (χ1n) is 5.77. The third kappa shape index (κ3) is 2.66. The van der Waals surface area contributed by atoms with E-state index in [1.807, 2.05) is 24.3 Å². The number of aryl methyl sites for hydroxylation is 1. The predicted molar refractivity (Wildman–Crippen MR) is 71.1 cm³/mol. The molecule has 0 aliphatic heterocycles. The van der Waals surface area contributed by atoms with E-state index < -0.39 is 0 Å². The summed E-state index contributed by atoms with van der Waals surface area (Å²) in [4.78, 5) is 4.13. The molecular formula is C14H15N3O. The number of nitrogens with one attached hydrogen (secondary N) is 1. The molecule has 1 aromatic heterocycles. The third-order valence-electron chi connectivity index (χ3n) is 2.62. The van der Waals surface area contributed by atoms with Gasteiger partial charge < -0.3 is 10.5 Å². The minimum atomic E-state index is 0.00279. The zero-order valence-corrected chi connectivity index (χ0v) is 10.2. The Hall–Kier alpha value is -2.36. The maximum absolute atomic E-state index is 7.29. The van der Waals surface area contributed by atoms with Crippen LogP contribution in [0.25, 0.3) is 0 Å². The molecule has 0 fully saturated rings. The Balaban J connectivity index is 2.21. The number of hydrogen-bond donors (Lipinski definition) is 2. The summed E-state index contributed by atoms with van der Waals surface area (Å²) in [7, 11) is 0. The number of rotatable bonds is 4. The van der Waals surface area contributed by atoms with Crippen molar-refractivity contribution in [3.05, 3.63) is 53.7 Å². The second-order valence-corrected chi connectivity index (χ2v) is 3.86. The molecule has 0 amide bonds. The second-order valence-electron chi connectivity index (χ2n) is 3.86. The van der Waals surface area contributed by atoms with Gasteiger partial charge in [0.2, 0.25) is 5.88 Å². The quantitative estimate of drug-likeness (QED) is 0.638. The molecule has 1 aromatic carbocycles. The normalized spacial score (nSPS) is 10.1. The molecule has 4 heteroatoms. The SMILES string of the molecule is CCc1ccccc1Oc1ccc(C(=N)N)cn1. The van der Waals surface area contributed by atoms with Gasteiger partial charge in [-0.1, -0.05) is 25.1 Å². The minimum absolute atomic E-state index is 0.00279. The van der Waals surface area contributed by atoms with E-state index in [2.05, 4.69) is 11.9 Å². The monoisotopic (exact) mass is 241 g/mol. The van der Waals surface area contributed by atoms with Crippen molar-refractivity contribution in [1.29, 1.82) is 5.41 Å². The molecule has 0 radical (unpaired) electrons. The van der Waals surface area contributed by atoms with Gasteiger partial charge in [0.1, 0.15) is 11.6 Å².